The summed E-state index contributed by atoms with van der Waals surface area (Å²) in [5.41, 5.74) is 4.79. The van der Waals surface area contributed by atoms with Gasteiger partial charge < -0.3 is 10.2 Å². The molecule has 3 aromatic carbocycles. The van der Waals surface area contributed by atoms with Crippen molar-refractivity contribution >= 4 is 35.3 Å². The van der Waals surface area contributed by atoms with Crippen LogP contribution < -0.4 is 10.2 Å². The number of thioether (sulfide) groups is 1. The number of aryl methyl sites for hydroxylation is 1. The van der Waals surface area contributed by atoms with Gasteiger partial charge >= 0.3 is 0 Å². The lowest BCUT2D eigenvalue weighted by molar-refractivity contribution is -0.114. The van der Waals surface area contributed by atoms with Crippen LogP contribution in [0.4, 0.5) is 5.69 Å². The van der Waals surface area contributed by atoms with Crippen molar-refractivity contribution in [1.29, 1.82) is 0 Å². The van der Waals surface area contributed by atoms with Gasteiger partial charge in [-0.25, -0.2) is 0 Å². The van der Waals surface area contributed by atoms with Crippen LogP contribution in [0, 0.1) is 18.8 Å². The number of hydrogen-bond donors (Lipinski definition) is 1. The first-order valence-corrected chi connectivity index (χ1v) is 14.0. The molecule has 1 aliphatic heterocycles. The molecule has 1 aliphatic carbocycles. The van der Waals surface area contributed by atoms with Crippen molar-refractivity contribution < 1.29 is 9.59 Å². The molecule has 1 saturated carbocycles. The van der Waals surface area contributed by atoms with Crippen molar-refractivity contribution in [3.05, 3.63) is 100.0 Å². The SMILES string of the molecule is Cc1ccc(CN2C(=O)C(=Cc3ccc(C(=O)NC4CCCC(C)C4C)cc3)Sc3ccccc32)cc1. The van der Waals surface area contributed by atoms with Gasteiger partial charge in [-0.05, 0) is 66.6 Å². The number of carbonyl (C=O) groups is 2. The molecule has 3 aromatic rings. The average Bonchev–Trinajstić information content (AvgIpc) is 2.90. The van der Waals surface area contributed by atoms with E-state index in [1.807, 2.05) is 53.4 Å². The van der Waals surface area contributed by atoms with E-state index in [4.69, 9.17) is 0 Å². The van der Waals surface area contributed by atoms with Crippen molar-refractivity contribution in [2.75, 3.05) is 4.90 Å². The summed E-state index contributed by atoms with van der Waals surface area (Å²) in [5.74, 6) is 1.09. The Morgan fingerprint density at radius 3 is 2.49 bits per heavy atom. The summed E-state index contributed by atoms with van der Waals surface area (Å²) in [6.45, 7) is 7.10. The first kappa shape index (κ1) is 25.3. The van der Waals surface area contributed by atoms with Crippen LogP contribution >= 0.6 is 11.8 Å². The van der Waals surface area contributed by atoms with E-state index in [-0.39, 0.29) is 17.9 Å². The van der Waals surface area contributed by atoms with Crippen LogP contribution in [0.1, 0.15) is 60.2 Å². The normalized spacial score (nSPS) is 22.6. The molecule has 0 spiro atoms. The van der Waals surface area contributed by atoms with Gasteiger partial charge in [0.1, 0.15) is 0 Å². The number of benzene rings is 3. The third-order valence-corrected chi connectivity index (χ3v) is 8.86. The fourth-order valence-electron chi connectivity index (χ4n) is 5.21. The Balaban J connectivity index is 1.34. The number of rotatable bonds is 5. The molecule has 1 N–H and O–H groups in total. The molecule has 5 heteroatoms. The van der Waals surface area contributed by atoms with Gasteiger partial charge in [-0.3, -0.25) is 9.59 Å². The summed E-state index contributed by atoms with van der Waals surface area (Å²) >= 11 is 1.50. The van der Waals surface area contributed by atoms with E-state index < -0.39 is 0 Å². The Hall–Kier alpha value is -3.31. The van der Waals surface area contributed by atoms with E-state index >= 15 is 0 Å². The van der Waals surface area contributed by atoms with Gasteiger partial charge in [-0.15, -0.1) is 0 Å². The lowest BCUT2D eigenvalue weighted by Crippen LogP contribution is -2.43. The number of anilines is 1. The van der Waals surface area contributed by atoms with E-state index in [0.29, 0.717) is 28.8 Å². The molecule has 2 aliphatic rings. The maximum Gasteiger partial charge on any atom is 0.265 e. The summed E-state index contributed by atoms with van der Waals surface area (Å²) in [5, 5.41) is 3.25. The van der Waals surface area contributed by atoms with Crippen LogP contribution in [-0.4, -0.2) is 17.9 Å². The zero-order chi connectivity index (χ0) is 25.9. The summed E-state index contributed by atoms with van der Waals surface area (Å²) in [6, 6.07) is 24.1. The second-order valence-corrected chi connectivity index (χ2v) is 11.5. The number of para-hydroxylation sites is 1. The number of nitrogens with one attached hydrogen (secondary N) is 1. The minimum atomic E-state index is -0.0218. The minimum absolute atomic E-state index is 0.00787. The molecule has 1 heterocycles. The number of amides is 2. The largest absolute Gasteiger partial charge is 0.349 e. The summed E-state index contributed by atoms with van der Waals surface area (Å²) in [4.78, 5) is 30.1. The Kier molecular flexibility index (Phi) is 7.52. The fourth-order valence-corrected chi connectivity index (χ4v) is 6.27. The predicted molar refractivity (Wildman–Crippen MR) is 153 cm³/mol. The van der Waals surface area contributed by atoms with Gasteiger partial charge in [0.25, 0.3) is 11.8 Å². The van der Waals surface area contributed by atoms with Gasteiger partial charge in [0.15, 0.2) is 0 Å². The Bertz CT molecular complexity index is 1310. The zero-order valence-corrected chi connectivity index (χ0v) is 22.6. The number of nitrogens with zero attached hydrogens (tertiary/aromatic N) is 1. The molecule has 37 heavy (non-hydrogen) atoms. The second kappa shape index (κ2) is 11.0. The molecule has 3 unspecified atom stereocenters. The van der Waals surface area contributed by atoms with Crippen molar-refractivity contribution in [2.24, 2.45) is 11.8 Å². The van der Waals surface area contributed by atoms with Gasteiger partial charge in [0.2, 0.25) is 0 Å². The second-order valence-electron chi connectivity index (χ2n) is 10.4. The lowest BCUT2D eigenvalue weighted by atomic mass is 9.78. The van der Waals surface area contributed by atoms with E-state index in [0.717, 1.165) is 28.1 Å². The molecule has 4 nitrogen and oxygen atoms in total. The first-order valence-electron chi connectivity index (χ1n) is 13.2. The molecular weight excluding hydrogens is 476 g/mol. The van der Waals surface area contributed by atoms with E-state index in [1.165, 1.54) is 30.2 Å². The van der Waals surface area contributed by atoms with Gasteiger partial charge in [-0.2, -0.15) is 0 Å². The molecular formula is C32H34N2O2S. The molecule has 5 rings (SSSR count). The Labute approximate surface area is 224 Å². The lowest BCUT2D eigenvalue weighted by Gasteiger charge is -2.34. The topological polar surface area (TPSA) is 49.4 Å². The summed E-state index contributed by atoms with van der Waals surface area (Å²) < 4.78 is 0. The maximum atomic E-state index is 13.6. The van der Waals surface area contributed by atoms with Gasteiger partial charge in [0, 0.05) is 16.5 Å². The number of hydrogen-bond acceptors (Lipinski definition) is 3. The quantitative estimate of drug-likeness (QED) is 0.368. The molecule has 0 radical (unpaired) electrons. The Morgan fingerprint density at radius 1 is 1.00 bits per heavy atom. The Morgan fingerprint density at radius 2 is 1.73 bits per heavy atom. The molecule has 0 bridgehead atoms. The molecule has 1 fully saturated rings. The fraction of sp³-hybridized carbons (Fsp3) is 0.312. The van der Waals surface area contributed by atoms with Crippen molar-refractivity contribution in [3.63, 3.8) is 0 Å². The highest BCUT2D eigenvalue weighted by Gasteiger charge is 2.30. The average molecular weight is 511 g/mol. The third-order valence-electron chi connectivity index (χ3n) is 7.79. The van der Waals surface area contributed by atoms with Crippen LogP contribution in [0.2, 0.25) is 0 Å². The molecule has 2 amide bonds. The zero-order valence-electron chi connectivity index (χ0n) is 21.7. The highest BCUT2D eigenvalue weighted by Crippen LogP contribution is 2.42. The molecule has 3 atom stereocenters. The van der Waals surface area contributed by atoms with E-state index in [1.54, 1.807) is 0 Å². The van der Waals surface area contributed by atoms with Crippen molar-refractivity contribution in [3.8, 4) is 0 Å². The van der Waals surface area contributed by atoms with Gasteiger partial charge in [-0.1, -0.05) is 92.5 Å². The van der Waals surface area contributed by atoms with Crippen LogP contribution in [0.3, 0.4) is 0 Å². The van der Waals surface area contributed by atoms with E-state index in [2.05, 4.69) is 56.4 Å². The maximum absolute atomic E-state index is 13.6. The van der Waals surface area contributed by atoms with Crippen LogP contribution in [-0.2, 0) is 11.3 Å². The molecule has 0 saturated heterocycles. The monoisotopic (exact) mass is 510 g/mol. The van der Waals surface area contributed by atoms with Gasteiger partial charge in [0.05, 0.1) is 17.1 Å². The first-order chi connectivity index (χ1) is 17.9. The van der Waals surface area contributed by atoms with Crippen molar-refractivity contribution in [1.82, 2.24) is 5.32 Å². The van der Waals surface area contributed by atoms with Crippen LogP contribution in [0.25, 0.3) is 6.08 Å². The van der Waals surface area contributed by atoms with E-state index in [9.17, 15) is 9.59 Å². The number of carbonyl (C=O) groups excluding carboxylic acids is 2. The predicted octanol–water partition coefficient (Wildman–Crippen LogP) is 7.23. The molecule has 190 valence electrons. The minimum Gasteiger partial charge on any atom is -0.349 e. The highest BCUT2D eigenvalue weighted by molar-refractivity contribution is 8.04. The molecule has 0 aromatic heterocycles. The van der Waals surface area contributed by atoms with Crippen LogP contribution in [0.5, 0.6) is 0 Å². The third kappa shape index (κ3) is 5.67. The van der Waals surface area contributed by atoms with Crippen molar-refractivity contribution in [2.45, 2.75) is 57.5 Å². The van der Waals surface area contributed by atoms with Crippen LogP contribution in [0.15, 0.2) is 82.6 Å². The summed E-state index contributed by atoms with van der Waals surface area (Å²) in [6.07, 6.45) is 5.37. The number of fused-ring (bicyclic) bond motifs is 1. The smallest absolute Gasteiger partial charge is 0.265 e. The standard InChI is InChI=1S/C32H34N2O2S/c1-21-11-13-25(14-12-21)20-34-28-9-4-5-10-29(28)37-30(32(34)36)19-24-15-17-26(18-16-24)31(35)33-27-8-6-7-22(2)23(27)3/h4-5,9-19,22-23,27H,6-8,20H2,1-3H3,(H,33,35). The summed E-state index contributed by atoms with van der Waals surface area (Å²) in [7, 11) is 0. The highest BCUT2D eigenvalue weighted by atomic mass is 32.2.